The van der Waals surface area contributed by atoms with Crippen molar-refractivity contribution < 1.29 is 4.74 Å². The number of hydrogen-bond donors (Lipinski definition) is 0. The Hall–Kier alpha value is -0.720. The summed E-state index contributed by atoms with van der Waals surface area (Å²) >= 11 is 0. The average Bonchev–Trinajstić information content (AvgIpc) is 2.03. The monoisotopic (exact) mass is 180 g/mol. The number of hydrogen-bond acceptors (Lipinski definition) is 1. The van der Waals surface area contributed by atoms with Crippen LogP contribution in [0.15, 0.2) is 24.0 Å². The Morgan fingerprint density at radius 1 is 1.46 bits per heavy atom. The van der Waals surface area contributed by atoms with E-state index in [1.807, 2.05) is 0 Å². The van der Waals surface area contributed by atoms with Crippen molar-refractivity contribution in [1.29, 1.82) is 0 Å². The third-order valence-electron chi connectivity index (χ3n) is 2.10. The Kier molecular flexibility index (Phi) is 3.18. The largest absolute Gasteiger partial charge is 0.489 e. The summed E-state index contributed by atoms with van der Waals surface area (Å²) in [5.41, 5.74) is -0.0742. The predicted molar refractivity (Wildman–Crippen MR) is 56.5 cm³/mol. The molecule has 0 heterocycles. The molecule has 0 N–H and O–H groups in total. The summed E-state index contributed by atoms with van der Waals surface area (Å²) < 4.78 is 5.75. The van der Waals surface area contributed by atoms with E-state index in [9.17, 15) is 0 Å². The van der Waals surface area contributed by atoms with Gasteiger partial charge in [-0.2, -0.15) is 0 Å². The third-order valence-corrected chi connectivity index (χ3v) is 2.10. The van der Waals surface area contributed by atoms with Crippen LogP contribution in [0.3, 0.4) is 0 Å². The molecular weight excluding hydrogens is 160 g/mol. The predicted octanol–water partition coefficient (Wildman–Crippen LogP) is 3.67. The molecule has 0 amide bonds. The van der Waals surface area contributed by atoms with Gasteiger partial charge < -0.3 is 4.74 Å². The summed E-state index contributed by atoms with van der Waals surface area (Å²) in [6.45, 7) is 8.45. The molecule has 0 spiro atoms. The van der Waals surface area contributed by atoms with E-state index in [-0.39, 0.29) is 5.60 Å². The Morgan fingerprint density at radius 3 is 2.54 bits per heavy atom. The molecule has 1 aliphatic carbocycles. The zero-order valence-corrected chi connectivity index (χ0v) is 9.13. The number of rotatable bonds is 2. The van der Waals surface area contributed by atoms with Crippen molar-refractivity contribution in [2.24, 2.45) is 5.92 Å². The fraction of sp³-hybridized carbons (Fsp3) is 0.667. The van der Waals surface area contributed by atoms with Gasteiger partial charge in [0.05, 0.1) is 0 Å². The molecule has 1 nitrogen and oxygen atoms in total. The Morgan fingerprint density at radius 2 is 2.15 bits per heavy atom. The van der Waals surface area contributed by atoms with Crippen LogP contribution < -0.4 is 0 Å². The second kappa shape index (κ2) is 3.99. The van der Waals surface area contributed by atoms with Gasteiger partial charge in [-0.1, -0.05) is 13.0 Å². The van der Waals surface area contributed by atoms with E-state index in [0.717, 1.165) is 12.2 Å². The molecule has 0 bridgehead atoms. The Labute approximate surface area is 81.5 Å². The maximum absolute atomic E-state index is 5.75. The van der Waals surface area contributed by atoms with Crippen LogP contribution in [0.4, 0.5) is 0 Å². The van der Waals surface area contributed by atoms with Gasteiger partial charge in [-0.3, -0.25) is 0 Å². The van der Waals surface area contributed by atoms with Gasteiger partial charge in [-0.15, -0.1) is 0 Å². The average molecular weight is 180 g/mol. The summed E-state index contributed by atoms with van der Waals surface area (Å²) in [6, 6.07) is 0. The lowest BCUT2D eigenvalue weighted by atomic mass is 9.97. The second-order valence-electron chi connectivity index (χ2n) is 4.58. The lowest BCUT2D eigenvalue weighted by Gasteiger charge is -2.24. The quantitative estimate of drug-likeness (QED) is 0.630. The lowest BCUT2D eigenvalue weighted by Crippen LogP contribution is -2.19. The molecule has 1 aliphatic rings. The van der Waals surface area contributed by atoms with Gasteiger partial charge in [-0.05, 0) is 51.7 Å². The molecule has 0 radical (unpaired) electrons. The van der Waals surface area contributed by atoms with Crippen LogP contribution in [0.25, 0.3) is 0 Å². The van der Waals surface area contributed by atoms with Crippen LogP contribution in [-0.4, -0.2) is 5.60 Å². The van der Waals surface area contributed by atoms with Gasteiger partial charge in [0.1, 0.15) is 11.4 Å². The topological polar surface area (TPSA) is 9.23 Å². The molecular formula is C12H20O. The Bertz CT molecular complexity index is 218. The van der Waals surface area contributed by atoms with E-state index in [4.69, 9.17) is 4.74 Å². The maximum Gasteiger partial charge on any atom is 0.115 e. The molecule has 1 atom stereocenters. The smallest absolute Gasteiger partial charge is 0.115 e. The van der Waals surface area contributed by atoms with Crippen molar-refractivity contribution in [3.8, 4) is 0 Å². The summed E-state index contributed by atoms with van der Waals surface area (Å²) in [4.78, 5) is 0. The molecule has 0 aliphatic heterocycles. The van der Waals surface area contributed by atoms with Gasteiger partial charge in [0.15, 0.2) is 0 Å². The molecule has 1 unspecified atom stereocenters. The lowest BCUT2D eigenvalue weighted by molar-refractivity contribution is 0.0584. The van der Waals surface area contributed by atoms with Gasteiger partial charge in [0.25, 0.3) is 0 Å². The summed E-state index contributed by atoms with van der Waals surface area (Å²) in [5, 5.41) is 0. The zero-order chi connectivity index (χ0) is 9.90. The van der Waals surface area contributed by atoms with E-state index < -0.39 is 0 Å². The fourth-order valence-electron chi connectivity index (χ4n) is 1.38. The molecule has 0 aromatic rings. The minimum absolute atomic E-state index is 0.0742. The molecule has 1 rings (SSSR count). The van der Waals surface area contributed by atoms with Crippen LogP contribution >= 0.6 is 0 Å². The normalized spacial score (nSPS) is 22.8. The van der Waals surface area contributed by atoms with Crippen molar-refractivity contribution in [2.45, 2.75) is 46.1 Å². The highest BCUT2D eigenvalue weighted by Gasteiger charge is 2.14. The van der Waals surface area contributed by atoms with Crippen molar-refractivity contribution in [1.82, 2.24) is 0 Å². The highest BCUT2D eigenvalue weighted by molar-refractivity contribution is 5.18. The molecule has 0 aromatic heterocycles. The highest BCUT2D eigenvalue weighted by atomic mass is 16.5. The first-order valence-corrected chi connectivity index (χ1v) is 5.08. The molecule has 0 fully saturated rings. The SMILES string of the molecule is CCC1C=CC(OC(C)(C)C)=CC1. The van der Waals surface area contributed by atoms with E-state index >= 15 is 0 Å². The van der Waals surface area contributed by atoms with Crippen molar-refractivity contribution >= 4 is 0 Å². The number of allylic oxidation sites excluding steroid dienone is 3. The number of ether oxygens (including phenoxy) is 1. The summed E-state index contributed by atoms with van der Waals surface area (Å²) in [6.07, 6.45) is 8.89. The first-order valence-electron chi connectivity index (χ1n) is 5.08. The Balaban J connectivity index is 2.48. The molecule has 0 saturated heterocycles. The van der Waals surface area contributed by atoms with Crippen LogP contribution in [-0.2, 0) is 4.74 Å². The van der Waals surface area contributed by atoms with E-state index in [1.54, 1.807) is 0 Å². The van der Waals surface area contributed by atoms with E-state index in [0.29, 0.717) is 5.92 Å². The highest BCUT2D eigenvalue weighted by Crippen LogP contribution is 2.23. The van der Waals surface area contributed by atoms with Crippen LogP contribution in [0.5, 0.6) is 0 Å². The zero-order valence-electron chi connectivity index (χ0n) is 9.13. The van der Waals surface area contributed by atoms with E-state index in [2.05, 4.69) is 45.9 Å². The van der Waals surface area contributed by atoms with Crippen LogP contribution in [0, 0.1) is 5.92 Å². The molecule has 0 aromatic carbocycles. The van der Waals surface area contributed by atoms with Crippen molar-refractivity contribution in [3.05, 3.63) is 24.0 Å². The van der Waals surface area contributed by atoms with Gasteiger partial charge in [-0.25, -0.2) is 0 Å². The van der Waals surface area contributed by atoms with Gasteiger partial charge in [0, 0.05) is 0 Å². The summed E-state index contributed by atoms with van der Waals surface area (Å²) in [5.74, 6) is 1.74. The van der Waals surface area contributed by atoms with Crippen molar-refractivity contribution in [3.63, 3.8) is 0 Å². The standard InChI is InChI=1S/C12H20O/c1-5-10-6-8-11(9-7-10)13-12(2,3)4/h6,8-10H,5,7H2,1-4H3. The van der Waals surface area contributed by atoms with Crippen molar-refractivity contribution in [2.75, 3.05) is 0 Å². The van der Waals surface area contributed by atoms with E-state index in [1.165, 1.54) is 6.42 Å². The van der Waals surface area contributed by atoms with Crippen LogP contribution in [0.2, 0.25) is 0 Å². The minimum atomic E-state index is -0.0742. The maximum atomic E-state index is 5.75. The summed E-state index contributed by atoms with van der Waals surface area (Å²) in [7, 11) is 0. The fourth-order valence-corrected chi connectivity index (χ4v) is 1.38. The molecule has 1 heteroatoms. The van der Waals surface area contributed by atoms with Gasteiger partial charge in [0.2, 0.25) is 0 Å². The first-order chi connectivity index (χ1) is 6.01. The second-order valence-corrected chi connectivity index (χ2v) is 4.58. The third kappa shape index (κ3) is 3.67. The minimum Gasteiger partial charge on any atom is -0.489 e. The molecule has 0 saturated carbocycles. The molecule has 13 heavy (non-hydrogen) atoms. The van der Waals surface area contributed by atoms with Gasteiger partial charge >= 0.3 is 0 Å². The van der Waals surface area contributed by atoms with Crippen LogP contribution in [0.1, 0.15) is 40.5 Å². The molecule has 74 valence electrons. The first kappa shape index (κ1) is 10.4.